The fourth-order valence-electron chi connectivity index (χ4n) is 4.39. The van der Waals surface area contributed by atoms with Crippen molar-refractivity contribution in [2.45, 2.75) is 41.5 Å². The Labute approximate surface area is 252 Å². The number of hydrogen-bond acceptors (Lipinski definition) is 6. The van der Waals surface area contributed by atoms with E-state index in [4.69, 9.17) is 33.2 Å². The summed E-state index contributed by atoms with van der Waals surface area (Å²) in [7, 11) is -1.35. The maximum absolute atomic E-state index is 8.83. The molecule has 0 fully saturated rings. The molecule has 2 N–H and O–H groups in total. The molecule has 0 aliphatic heterocycles. The van der Waals surface area contributed by atoms with E-state index in [1.807, 2.05) is 19.9 Å². The summed E-state index contributed by atoms with van der Waals surface area (Å²) in [5.74, 6) is 0. The fourth-order valence-corrected chi connectivity index (χ4v) is 4.74. The van der Waals surface area contributed by atoms with Crippen molar-refractivity contribution in [3.63, 3.8) is 0 Å². The van der Waals surface area contributed by atoms with Crippen molar-refractivity contribution in [2.75, 3.05) is 0 Å². The summed E-state index contributed by atoms with van der Waals surface area (Å²) in [4.78, 5) is 16.1. The number of aromatic nitrogens is 4. The molecule has 0 aliphatic rings. The van der Waals surface area contributed by atoms with Crippen LogP contribution in [0.25, 0.3) is 22.5 Å². The number of nitrogens with zero attached hydrogens (tertiary/aromatic N) is 4. The van der Waals surface area contributed by atoms with E-state index >= 15 is 0 Å². The van der Waals surface area contributed by atoms with Crippen LogP contribution in [0.5, 0.6) is 0 Å². The average molecular weight is 587 g/mol. The molecule has 0 amide bonds. The molecule has 5 aromatic rings. The minimum Gasteiger partial charge on any atom is -0.423 e. The van der Waals surface area contributed by atoms with E-state index in [0.29, 0.717) is 15.8 Å². The second-order valence-electron chi connectivity index (χ2n) is 10.00. The molecule has 3 aromatic carbocycles. The maximum Gasteiger partial charge on any atom is 0.488 e. The highest BCUT2D eigenvalue weighted by atomic mass is 35.5. The second kappa shape index (κ2) is 14.9. The third kappa shape index (κ3) is 10.4. The van der Waals surface area contributed by atoms with Gasteiger partial charge in [-0.2, -0.15) is 0 Å². The van der Waals surface area contributed by atoms with Gasteiger partial charge < -0.3 is 10.0 Å². The van der Waals surface area contributed by atoms with E-state index in [-0.39, 0.29) is 0 Å². The molecule has 0 saturated heterocycles. The van der Waals surface area contributed by atoms with E-state index < -0.39 is 7.12 Å². The predicted octanol–water partition coefficient (Wildman–Crippen LogP) is 6.81. The van der Waals surface area contributed by atoms with Gasteiger partial charge in [-0.25, -0.2) is 19.9 Å². The van der Waals surface area contributed by atoms with Crippen LogP contribution in [-0.4, -0.2) is 37.1 Å². The molecule has 210 valence electrons. The van der Waals surface area contributed by atoms with Crippen LogP contribution in [0.2, 0.25) is 10.3 Å². The van der Waals surface area contributed by atoms with Gasteiger partial charge in [-0.1, -0.05) is 86.9 Å². The molecule has 0 unspecified atom stereocenters. The van der Waals surface area contributed by atoms with Crippen LogP contribution in [0.1, 0.15) is 33.4 Å². The van der Waals surface area contributed by atoms with E-state index in [2.05, 4.69) is 90.1 Å². The summed E-state index contributed by atoms with van der Waals surface area (Å²) in [5.41, 5.74) is 11.9. The quantitative estimate of drug-likeness (QED) is 0.178. The Balaban J connectivity index is 0.000000201. The third-order valence-electron chi connectivity index (χ3n) is 5.84. The molecular formula is C32H33BCl2N4O2. The molecule has 2 aromatic heterocycles. The molecule has 0 bridgehead atoms. The number of benzene rings is 3. The SMILES string of the molecule is Cc1cc(C)cc(-c2cc(-c3cc(C)cc(C)c3)ncn2)c1.Cc1cc(C)cc(B(O)O)c1.Clc1cc(Cl)ncn1. The highest BCUT2D eigenvalue weighted by Gasteiger charge is 2.10. The summed E-state index contributed by atoms with van der Waals surface area (Å²) < 4.78 is 0. The minimum absolute atomic E-state index is 0.366. The lowest BCUT2D eigenvalue weighted by molar-refractivity contribution is 0.425. The molecule has 2 heterocycles. The predicted molar refractivity (Wildman–Crippen MR) is 170 cm³/mol. The van der Waals surface area contributed by atoms with Gasteiger partial charge in [0.05, 0.1) is 11.4 Å². The Kier molecular flexibility index (Phi) is 11.6. The number of halogens is 2. The Bertz CT molecular complexity index is 1490. The normalized spacial score (nSPS) is 10.2. The monoisotopic (exact) mass is 586 g/mol. The molecule has 0 atom stereocenters. The van der Waals surface area contributed by atoms with Gasteiger partial charge in [0, 0.05) is 17.2 Å². The van der Waals surface area contributed by atoms with Gasteiger partial charge in [0.15, 0.2) is 0 Å². The van der Waals surface area contributed by atoms with Gasteiger partial charge in [0.25, 0.3) is 0 Å². The van der Waals surface area contributed by atoms with Crippen LogP contribution < -0.4 is 5.46 Å². The first-order valence-corrected chi connectivity index (χ1v) is 13.7. The van der Waals surface area contributed by atoms with Crippen molar-refractivity contribution in [3.8, 4) is 22.5 Å². The zero-order valence-electron chi connectivity index (χ0n) is 24.0. The third-order valence-corrected chi connectivity index (χ3v) is 6.26. The van der Waals surface area contributed by atoms with Crippen molar-refractivity contribution in [3.05, 3.63) is 123 Å². The summed E-state index contributed by atoms with van der Waals surface area (Å²) in [5, 5.41) is 18.4. The average Bonchev–Trinajstić information content (AvgIpc) is 2.88. The Morgan fingerprint density at radius 2 is 0.805 bits per heavy atom. The maximum atomic E-state index is 8.83. The summed E-state index contributed by atoms with van der Waals surface area (Å²) in [6.45, 7) is 12.3. The molecule has 0 spiro atoms. The Hall–Kier alpha value is -3.62. The summed E-state index contributed by atoms with van der Waals surface area (Å²) >= 11 is 10.8. The van der Waals surface area contributed by atoms with Gasteiger partial charge in [-0.3, -0.25) is 0 Å². The van der Waals surface area contributed by atoms with Crippen molar-refractivity contribution >= 4 is 35.8 Å². The van der Waals surface area contributed by atoms with Crippen molar-refractivity contribution in [1.29, 1.82) is 0 Å². The van der Waals surface area contributed by atoms with Crippen molar-refractivity contribution in [1.82, 2.24) is 19.9 Å². The molecule has 0 radical (unpaired) electrons. The molecule has 0 saturated carbocycles. The standard InChI is InChI=1S/C20H20N2.C8H11BO2.C4H2Cl2N2/c1-13-5-14(2)8-17(7-13)19-11-20(22-12-21-19)18-9-15(3)6-16(4)10-18;1-6-3-7(2)5-8(4-6)9(10)11;5-3-1-4(6)8-2-7-3/h5-12H,1-4H3;3-5,10-11H,1-2H3;1-2H. The first-order chi connectivity index (χ1) is 19.4. The van der Waals surface area contributed by atoms with Crippen LogP contribution in [0.15, 0.2) is 79.4 Å². The number of aryl methyl sites for hydroxylation is 6. The van der Waals surface area contributed by atoms with Crippen LogP contribution in [0.4, 0.5) is 0 Å². The second-order valence-corrected chi connectivity index (χ2v) is 10.8. The molecule has 9 heteroatoms. The molecule has 0 aliphatic carbocycles. The van der Waals surface area contributed by atoms with Crippen molar-refractivity contribution in [2.24, 2.45) is 0 Å². The fraction of sp³-hybridized carbons (Fsp3) is 0.188. The smallest absolute Gasteiger partial charge is 0.423 e. The van der Waals surface area contributed by atoms with E-state index in [0.717, 1.165) is 33.6 Å². The zero-order valence-corrected chi connectivity index (χ0v) is 25.5. The van der Waals surface area contributed by atoms with Crippen LogP contribution >= 0.6 is 23.2 Å². The summed E-state index contributed by atoms with van der Waals surface area (Å²) in [6, 6.07) is 22.1. The van der Waals surface area contributed by atoms with Crippen LogP contribution in [0, 0.1) is 41.5 Å². The summed E-state index contributed by atoms with van der Waals surface area (Å²) in [6.07, 6.45) is 2.96. The van der Waals surface area contributed by atoms with Gasteiger partial charge >= 0.3 is 7.12 Å². The first kappa shape index (κ1) is 31.9. The topological polar surface area (TPSA) is 92.0 Å². The minimum atomic E-state index is -1.35. The lowest BCUT2D eigenvalue weighted by atomic mass is 9.79. The lowest BCUT2D eigenvalue weighted by Gasteiger charge is -2.08. The van der Waals surface area contributed by atoms with Gasteiger partial charge in [0.2, 0.25) is 0 Å². The highest BCUT2D eigenvalue weighted by molar-refractivity contribution is 6.58. The zero-order chi connectivity index (χ0) is 30.1. The van der Waals surface area contributed by atoms with Gasteiger partial charge in [0.1, 0.15) is 23.0 Å². The van der Waals surface area contributed by atoms with Crippen LogP contribution in [-0.2, 0) is 0 Å². The van der Waals surface area contributed by atoms with Gasteiger partial charge in [-0.15, -0.1) is 0 Å². The van der Waals surface area contributed by atoms with Gasteiger partial charge in [-0.05, 0) is 77.3 Å². The molecular weight excluding hydrogens is 554 g/mol. The van der Waals surface area contributed by atoms with Crippen LogP contribution in [0.3, 0.4) is 0 Å². The molecule has 41 heavy (non-hydrogen) atoms. The van der Waals surface area contributed by atoms with E-state index in [1.54, 1.807) is 18.5 Å². The Morgan fingerprint density at radius 3 is 1.12 bits per heavy atom. The van der Waals surface area contributed by atoms with E-state index in [1.165, 1.54) is 34.6 Å². The first-order valence-electron chi connectivity index (χ1n) is 13.0. The number of hydrogen-bond donors (Lipinski definition) is 2. The largest absolute Gasteiger partial charge is 0.488 e. The number of rotatable bonds is 3. The Morgan fingerprint density at radius 1 is 0.463 bits per heavy atom. The van der Waals surface area contributed by atoms with E-state index in [9.17, 15) is 0 Å². The van der Waals surface area contributed by atoms with Crippen molar-refractivity contribution < 1.29 is 10.0 Å². The highest BCUT2D eigenvalue weighted by Crippen LogP contribution is 2.25. The molecule has 6 nitrogen and oxygen atoms in total. The lowest BCUT2D eigenvalue weighted by Crippen LogP contribution is -2.30. The molecule has 5 rings (SSSR count).